The predicted molar refractivity (Wildman–Crippen MR) is 130 cm³/mol. The maximum atomic E-state index is 12.8. The second kappa shape index (κ2) is 8.31. The summed E-state index contributed by atoms with van der Waals surface area (Å²) in [6.45, 7) is 6.09. The van der Waals surface area contributed by atoms with Crippen molar-refractivity contribution in [1.29, 1.82) is 0 Å². The number of nitrogens with one attached hydrogen (secondary N) is 1. The molecule has 2 aliphatic heterocycles. The molecule has 4 rings (SSSR count). The number of carbonyl (C=O) groups is 3. The van der Waals surface area contributed by atoms with E-state index < -0.39 is 17.1 Å². The molecule has 0 radical (unpaired) electrons. The van der Waals surface area contributed by atoms with Crippen LogP contribution in [0.25, 0.3) is 11.6 Å². The number of benzene rings is 2. The van der Waals surface area contributed by atoms with Crippen LogP contribution in [0.15, 0.2) is 59.5 Å². The molecule has 2 heterocycles. The highest BCUT2D eigenvalue weighted by Gasteiger charge is 2.36. The Morgan fingerprint density at radius 2 is 1.84 bits per heavy atom. The Morgan fingerprint density at radius 3 is 2.56 bits per heavy atom. The second-order valence-corrected chi connectivity index (χ2v) is 9.49. The number of hydrogen-bond donors (Lipinski definition) is 1. The first-order valence-electron chi connectivity index (χ1n) is 10.3. The molecule has 1 fully saturated rings. The van der Waals surface area contributed by atoms with Crippen LogP contribution in [0.2, 0.25) is 0 Å². The molecule has 2 aliphatic rings. The van der Waals surface area contributed by atoms with E-state index >= 15 is 0 Å². The van der Waals surface area contributed by atoms with Crippen molar-refractivity contribution in [2.24, 2.45) is 0 Å². The minimum atomic E-state index is -0.452. The Balaban J connectivity index is 1.52. The Morgan fingerprint density at radius 1 is 1.12 bits per heavy atom. The highest BCUT2D eigenvalue weighted by Crippen LogP contribution is 2.39. The van der Waals surface area contributed by atoms with Crippen LogP contribution in [0.1, 0.15) is 31.9 Å². The van der Waals surface area contributed by atoms with Crippen molar-refractivity contribution in [3.05, 3.63) is 70.6 Å². The zero-order valence-corrected chi connectivity index (χ0v) is 19.3. The van der Waals surface area contributed by atoms with Gasteiger partial charge >= 0.3 is 0 Å². The number of likely N-dealkylation sites (N-methyl/N-ethyl adjacent to an activating group) is 1. The second-order valence-electron chi connectivity index (χ2n) is 8.50. The van der Waals surface area contributed by atoms with Crippen molar-refractivity contribution >= 4 is 51.8 Å². The zero-order chi connectivity index (χ0) is 23.0. The number of anilines is 2. The van der Waals surface area contributed by atoms with Crippen LogP contribution >= 0.6 is 11.8 Å². The largest absolute Gasteiger partial charge is 0.366 e. The standard InChI is InChI=1S/C25H25N3O3S/c1-16-14-25(2,3)27(4)20-11-10-17(12-19(16)20)13-21-23(30)28(24(31)32-21)15-22(29)26-18-8-6-5-7-9-18/h5-14H,15H2,1-4H3,(H,26,29)/b21-13+. The van der Waals surface area contributed by atoms with E-state index in [-0.39, 0.29) is 12.1 Å². The van der Waals surface area contributed by atoms with Gasteiger partial charge in [0.2, 0.25) is 5.91 Å². The molecule has 0 atom stereocenters. The third-order valence-electron chi connectivity index (χ3n) is 5.77. The third-order valence-corrected chi connectivity index (χ3v) is 6.68. The number of imide groups is 1. The first kappa shape index (κ1) is 21.9. The maximum Gasteiger partial charge on any atom is 0.294 e. The molecule has 0 bridgehead atoms. The average molecular weight is 448 g/mol. The number of allylic oxidation sites excluding steroid dienone is 1. The highest BCUT2D eigenvalue weighted by molar-refractivity contribution is 8.18. The van der Waals surface area contributed by atoms with Gasteiger partial charge in [-0.15, -0.1) is 0 Å². The SMILES string of the molecule is CC1=CC(C)(C)N(C)c2ccc(/C=C3/SC(=O)N(CC(=O)Nc4ccccc4)C3=O)cc21. The number of hydrogen-bond acceptors (Lipinski definition) is 5. The molecule has 0 spiro atoms. The lowest BCUT2D eigenvalue weighted by molar-refractivity contribution is -0.127. The van der Waals surface area contributed by atoms with E-state index in [9.17, 15) is 14.4 Å². The fourth-order valence-corrected chi connectivity index (χ4v) is 4.76. The van der Waals surface area contributed by atoms with Crippen molar-refractivity contribution in [2.45, 2.75) is 26.3 Å². The Bertz CT molecular complexity index is 1170. The van der Waals surface area contributed by atoms with Gasteiger partial charge in [0, 0.05) is 24.0 Å². The van der Waals surface area contributed by atoms with Crippen molar-refractivity contribution in [2.75, 3.05) is 23.8 Å². The van der Waals surface area contributed by atoms with Crippen molar-refractivity contribution in [3.63, 3.8) is 0 Å². The van der Waals surface area contributed by atoms with Crippen LogP contribution in [0.5, 0.6) is 0 Å². The van der Waals surface area contributed by atoms with Crippen LogP contribution in [0.4, 0.5) is 16.2 Å². The number of thioether (sulfide) groups is 1. The Labute approximate surface area is 192 Å². The van der Waals surface area contributed by atoms with E-state index in [0.717, 1.165) is 33.5 Å². The summed E-state index contributed by atoms with van der Waals surface area (Å²) in [7, 11) is 2.06. The average Bonchev–Trinajstić information content (AvgIpc) is 3.00. The normalized spacial score (nSPS) is 18.6. The highest BCUT2D eigenvalue weighted by atomic mass is 32.2. The molecule has 2 aromatic rings. The number of para-hydroxylation sites is 1. The van der Waals surface area contributed by atoms with Gasteiger partial charge in [-0.25, -0.2) is 0 Å². The lowest BCUT2D eigenvalue weighted by Gasteiger charge is -2.40. The molecule has 32 heavy (non-hydrogen) atoms. The first-order valence-corrected chi connectivity index (χ1v) is 11.2. The van der Waals surface area contributed by atoms with Crippen LogP contribution in [0.3, 0.4) is 0 Å². The summed E-state index contributed by atoms with van der Waals surface area (Å²) in [6.07, 6.45) is 3.94. The lowest BCUT2D eigenvalue weighted by Crippen LogP contribution is -2.42. The summed E-state index contributed by atoms with van der Waals surface area (Å²) in [5.41, 5.74) is 4.76. The predicted octanol–water partition coefficient (Wildman–Crippen LogP) is 4.99. The topological polar surface area (TPSA) is 69.7 Å². The first-order chi connectivity index (χ1) is 15.2. The zero-order valence-electron chi connectivity index (χ0n) is 18.5. The molecule has 6 nitrogen and oxygen atoms in total. The minimum absolute atomic E-state index is 0.0818. The summed E-state index contributed by atoms with van der Waals surface area (Å²) in [5, 5.41) is 2.26. The van der Waals surface area contributed by atoms with Crippen molar-refractivity contribution in [1.82, 2.24) is 4.90 Å². The lowest BCUT2D eigenvalue weighted by atomic mass is 9.88. The van der Waals surface area contributed by atoms with E-state index in [0.29, 0.717) is 10.6 Å². The molecular formula is C25H25N3O3S. The van der Waals surface area contributed by atoms with Gasteiger partial charge < -0.3 is 10.2 Å². The number of rotatable bonds is 4. The van der Waals surface area contributed by atoms with Gasteiger partial charge in [0.25, 0.3) is 11.1 Å². The minimum Gasteiger partial charge on any atom is -0.366 e. The number of amides is 3. The number of nitrogens with zero attached hydrogens (tertiary/aromatic N) is 2. The van der Waals surface area contributed by atoms with E-state index in [1.54, 1.807) is 30.3 Å². The van der Waals surface area contributed by atoms with Gasteiger partial charge in [-0.3, -0.25) is 19.3 Å². The molecule has 0 aromatic heterocycles. The van der Waals surface area contributed by atoms with E-state index in [4.69, 9.17) is 0 Å². The maximum absolute atomic E-state index is 12.8. The van der Waals surface area contributed by atoms with E-state index in [1.807, 2.05) is 24.3 Å². The van der Waals surface area contributed by atoms with Crippen molar-refractivity contribution < 1.29 is 14.4 Å². The van der Waals surface area contributed by atoms with Gasteiger partial charge in [-0.1, -0.05) is 30.3 Å². The molecule has 0 unspecified atom stereocenters. The monoisotopic (exact) mass is 447 g/mol. The summed E-state index contributed by atoms with van der Waals surface area (Å²) >= 11 is 0.857. The quantitative estimate of drug-likeness (QED) is 0.669. The number of fused-ring (bicyclic) bond motifs is 1. The molecule has 0 saturated carbocycles. The van der Waals surface area contributed by atoms with Gasteiger partial charge in [-0.05, 0) is 74.0 Å². The van der Waals surface area contributed by atoms with Crippen LogP contribution < -0.4 is 10.2 Å². The molecule has 2 aromatic carbocycles. The summed E-state index contributed by atoms with van der Waals surface area (Å²) in [5.74, 6) is -0.869. The van der Waals surface area contributed by atoms with Crippen LogP contribution in [0, 0.1) is 0 Å². The summed E-state index contributed by atoms with van der Waals surface area (Å²) in [6, 6.07) is 14.9. The summed E-state index contributed by atoms with van der Waals surface area (Å²) in [4.78, 5) is 41.0. The fourth-order valence-electron chi connectivity index (χ4n) is 3.92. The molecule has 7 heteroatoms. The third kappa shape index (κ3) is 4.21. The van der Waals surface area contributed by atoms with Crippen LogP contribution in [-0.4, -0.2) is 41.1 Å². The fraction of sp³-hybridized carbons (Fsp3) is 0.240. The van der Waals surface area contributed by atoms with Crippen LogP contribution in [-0.2, 0) is 9.59 Å². The Hall–Kier alpha value is -3.32. The molecule has 0 aliphatic carbocycles. The van der Waals surface area contributed by atoms with E-state index in [1.165, 1.54) is 5.57 Å². The molecule has 3 amide bonds. The number of carbonyl (C=O) groups excluding carboxylic acids is 3. The van der Waals surface area contributed by atoms with Gasteiger partial charge in [0.1, 0.15) is 6.54 Å². The van der Waals surface area contributed by atoms with Gasteiger partial charge in [0.15, 0.2) is 0 Å². The van der Waals surface area contributed by atoms with Gasteiger partial charge in [-0.2, -0.15) is 0 Å². The Kier molecular flexibility index (Phi) is 5.69. The van der Waals surface area contributed by atoms with Gasteiger partial charge in [0.05, 0.1) is 10.4 Å². The molecule has 1 saturated heterocycles. The van der Waals surface area contributed by atoms with Crippen molar-refractivity contribution in [3.8, 4) is 0 Å². The summed E-state index contributed by atoms with van der Waals surface area (Å²) < 4.78 is 0. The van der Waals surface area contributed by atoms with E-state index in [2.05, 4.69) is 44.1 Å². The molecular weight excluding hydrogens is 422 g/mol. The molecule has 164 valence electrons. The molecule has 1 N–H and O–H groups in total. The smallest absolute Gasteiger partial charge is 0.294 e.